The van der Waals surface area contributed by atoms with Crippen LogP contribution in [0.2, 0.25) is 0 Å². The van der Waals surface area contributed by atoms with E-state index < -0.39 is 0 Å². The average Bonchev–Trinajstić information content (AvgIpc) is 2.41. The van der Waals surface area contributed by atoms with Gasteiger partial charge in [-0.15, -0.1) is 12.4 Å². The van der Waals surface area contributed by atoms with Gasteiger partial charge in [0.05, 0.1) is 11.3 Å². The normalized spacial score (nSPS) is 22.2. The predicted molar refractivity (Wildman–Crippen MR) is 81.1 cm³/mol. The molecule has 20 heavy (non-hydrogen) atoms. The van der Waals surface area contributed by atoms with Gasteiger partial charge in [-0.25, -0.2) is 9.97 Å². The van der Waals surface area contributed by atoms with Crippen LogP contribution in [0.4, 0.5) is 0 Å². The Labute approximate surface area is 126 Å². The number of halogens is 1. The van der Waals surface area contributed by atoms with Crippen molar-refractivity contribution in [3.63, 3.8) is 0 Å². The number of rotatable bonds is 3. The third-order valence-corrected chi connectivity index (χ3v) is 3.64. The standard InChI is InChI=1S/C14H22N4O.ClH/c1-9(2)13-12(7-16-8-17-13)14(19)18-11-5-3-10(15)4-6-11;/h7-11H,3-6,15H2,1-2H3,(H,18,19);1H. The van der Waals surface area contributed by atoms with Crippen molar-refractivity contribution in [2.45, 2.75) is 57.5 Å². The Morgan fingerprint density at radius 2 is 2.00 bits per heavy atom. The molecule has 0 bridgehead atoms. The number of carbonyl (C=O) groups is 1. The molecule has 1 saturated carbocycles. The lowest BCUT2D eigenvalue weighted by atomic mass is 9.91. The summed E-state index contributed by atoms with van der Waals surface area (Å²) in [6, 6.07) is 0.520. The molecular formula is C14H23ClN4O. The highest BCUT2D eigenvalue weighted by atomic mass is 35.5. The first-order valence-electron chi connectivity index (χ1n) is 6.94. The van der Waals surface area contributed by atoms with E-state index in [2.05, 4.69) is 15.3 Å². The van der Waals surface area contributed by atoms with E-state index in [9.17, 15) is 4.79 Å². The first-order chi connectivity index (χ1) is 9.08. The first kappa shape index (κ1) is 16.9. The maximum Gasteiger partial charge on any atom is 0.254 e. The molecule has 5 nitrogen and oxygen atoms in total. The number of nitrogens with two attached hydrogens (primary N) is 1. The van der Waals surface area contributed by atoms with E-state index in [1.54, 1.807) is 6.20 Å². The van der Waals surface area contributed by atoms with Crippen LogP contribution in [0.5, 0.6) is 0 Å². The molecule has 0 aromatic carbocycles. The SMILES string of the molecule is CC(C)c1ncncc1C(=O)NC1CCC(N)CC1.Cl. The summed E-state index contributed by atoms with van der Waals surface area (Å²) in [5.41, 5.74) is 7.27. The second-order valence-electron chi connectivity index (χ2n) is 5.56. The number of amides is 1. The third-order valence-electron chi connectivity index (χ3n) is 3.64. The molecule has 0 unspecified atom stereocenters. The van der Waals surface area contributed by atoms with Gasteiger partial charge in [0.1, 0.15) is 6.33 Å². The fourth-order valence-electron chi connectivity index (χ4n) is 2.50. The molecule has 0 radical (unpaired) electrons. The molecule has 1 fully saturated rings. The topological polar surface area (TPSA) is 80.9 Å². The van der Waals surface area contributed by atoms with Crippen LogP contribution in [-0.4, -0.2) is 28.0 Å². The summed E-state index contributed by atoms with van der Waals surface area (Å²) in [5.74, 6) is 0.147. The van der Waals surface area contributed by atoms with Crippen LogP contribution in [0, 0.1) is 0 Å². The van der Waals surface area contributed by atoms with Crippen molar-refractivity contribution in [1.29, 1.82) is 0 Å². The smallest absolute Gasteiger partial charge is 0.254 e. The van der Waals surface area contributed by atoms with E-state index >= 15 is 0 Å². The Morgan fingerprint density at radius 3 is 2.60 bits per heavy atom. The summed E-state index contributed by atoms with van der Waals surface area (Å²) in [4.78, 5) is 20.5. The summed E-state index contributed by atoms with van der Waals surface area (Å²) >= 11 is 0. The lowest BCUT2D eigenvalue weighted by Crippen LogP contribution is -2.40. The molecule has 112 valence electrons. The summed E-state index contributed by atoms with van der Waals surface area (Å²) < 4.78 is 0. The van der Waals surface area contributed by atoms with Crippen molar-refractivity contribution in [2.75, 3.05) is 0 Å². The zero-order chi connectivity index (χ0) is 13.8. The van der Waals surface area contributed by atoms with Gasteiger partial charge in [0.15, 0.2) is 0 Å². The third kappa shape index (κ3) is 4.15. The monoisotopic (exact) mass is 298 g/mol. The van der Waals surface area contributed by atoms with Crippen LogP contribution >= 0.6 is 12.4 Å². The minimum absolute atomic E-state index is 0. The van der Waals surface area contributed by atoms with Crippen LogP contribution in [0.3, 0.4) is 0 Å². The molecule has 0 aliphatic heterocycles. The van der Waals surface area contributed by atoms with E-state index in [-0.39, 0.29) is 30.3 Å². The molecule has 0 spiro atoms. The maximum atomic E-state index is 12.3. The molecule has 0 atom stereocenters. The first-order valence-corrected chi connectivity index (χ1v) is 6.94. The van der Waals surface area contributed by atoms with Crippen LogP contribution in [-0.2, 0) is 0 Å². The average molecular weight is 299 g/mol. The van der Waals surface area contributed by atoms with Gasteiger partial charge in [0.25, 0.3) is 5.91 Å². The maximum absolute atomic E-state index is 12.3. The Bertz CT molecular complexity index is 445. The Morgan fingerprint density at radius 1 is 1.35 bits per heavy atom. The van der Waals surface area contributed by atoms with Gasteiger partial charge in [-0.3, -0.25) is 4.79 Å². The number of nitrogens with zero attached hydrogens (tertiary/aromatic N) is 2. The molecule has 3 N–H and O–H groups in total. The second-order valence-corrected chi connectivity index (χ2v) is 5.56. The van der Waals surface area contributed by atoms with Gasteiger partial charge >= 0.3 is 0 Å². The van der Waals surface area contributed by atoms with E-state index in [1.807, 2.05) is 13.8 Å². The Balaban J connectivity index is 0.00000200. The highest BCUT2D eigenvalue weighted by Gasteiger charge is 2.22. The summed E-state index contributed by atoms with van der Waals surface area (Å²) in [7, 11) is 0. The number of aromatic nitrogens is 2. The van der Waals surface area contributed by atoms with Crippen LogP contribution in [0.1, 0.15) is 61.5 Å². The largest absolute Gasteiger partial charge is 0.349 e. The number of hydrogen-bond acceptors (Lipinski definition) is 4. The number of hydrogen-bond donors (Lipinski definition) is 2. The lowest BCUT2D eigenvalue weighted by molar-refractivity contribution is 0.0923. The number of carbonyl (C=O) groups excluding carboxylic acids is 1. The minimum atomic E-state index is -0.0650. The van der Waals surface area contributed by atoms with Crippen molar-refractivity contribution >= 4 is 18.3 Å². The predicted octanol–water partition coefficient (Wildman–Crippen LogP) is 2.02. The van der Waals surface area contributed by atoms with Gasteiger partial charge in [0.2, 0.25) is 0 Å². The zero-order valence-electron chi connectivity index (χ0n) is 12.0. The molecular weight excluding hydrogens is 276 g/mol. The minimum Gasteiger partial charge on any atom is -0.349 e. The van der Waals surface area contributed by atoms with Gasteiger partial charge in [0, 0.05) is 18.3 Å². The van der Waals surface area contributed by atoms with E-state index in [0.29, 0.717) is 11.6 Å². The van der Waals surface area contributed by atoms with Crippen molar-refractivity contribution < 1.29 is 4.79 Å². The zero-order valence-corrected chi connectivity index (χ0v) is 12.8. The summed E-state index contributed by atoms with van der Waals surface area (Å²) in [6.07, 6.45) is 6.97. The fourth-order valence-corrected chi connectivity index (χ4v) is 2.50. The van der Waals surface area contributed by atoms with Crippen LogP contribution < -0.4 is 11.1 Å². The molecule has 0 saturated heterocycles. The Hall–Kier alpha value is -1.20. The van der Waals surface area contributed by atoms with Crippen molar-refractivity contribution in [1.82, 2.24) is 15.3 Å². The highest BCUT2D eigenvalue weighted by Crippen LogP contribution is 2.19. The van der Waals surface area contributed by atoms with E-state index in [1.165, 1.54) is 6.33 Å². The van der Waals surface area contributed by atoms with Gasteiger partial charge in [-0.1, -0.05) is 13.8 Å². The van der Waals surface area contributed by atoms with Crippen molar-refractivity contribution in [3.05, 3.63) is 23.8 Å². The molecule has 1 aliphatic rings. The molecule has 1 heterocycles. The second kappa shape index (κ2) is 7.55. The van der Waals surface area contributed by atoms with Crippen LogP contribution in [0.25, 0.3) is 0 Å². The summed E-state index contributed by atoms with van der Waals surface area (Å²) in [6.45, 7) is 4.05. The quantitative estimate of drug-likeness (QED) is 0.894. The molecule has 2 rings (SSSR count). The highest BCUT2D eigenvalue weighted by molar-refractivity contribution is 5.95. The number of nitrogens with one attached hydrogen (secondary N) is 1. The lowest BCUT2D eigenvalue weighted by Gasteiger charge is -2.27. The molecule has 1 aromatic rings. The van der Waals surface area contributed by atoms with Gasteiger partial charge in [-0.2, -0.15) is 0 Å². The van der Waals surface area contributed by atoms with Gasteiger partial charge < -0.3 is 11.1 Å². The van der Waals surface area contributed by atoms with Gasteiger partial charge in [-0.05, 0) is 31.6 Å². The molecule has 1 aromatic heterocycles. The Kier molecular flexibility index (Phi) is 6.36. The summed E-state index contributed by atoms with van der Waals surface area (Å²) in [5, 5.41) is 3.08. The van der Waals surface area contributed by atoms with E-state index in [0.717, 1.165) is 31.4 Å². The fraction of sp³-hybridized carbons (Fsp3) is 0.643. The van der Waals surface area contributed by atoms with Crippen LogP contribution in [0.15, 0.2) is 12.5 Å². The van der Waals surface area contributed by atoms with Crippen molar-refractivity contribution in [2.24, 2.45) is 5.73 Å². The van der Waals surface area contributed by atoms with Crippen molar-refractivity contribution in [3.8, 4) is 0 Å². The molecule has 1 aliphatic carbocycles. The molecule has 1 amide bonds. The molecule has 6 heteroatoms. The van der Waals surface area contributed by atoms with E-state index in [4.69, 9.17) is 5.73 Å².